The minimum Gasteiger partial charge on any atom is -0.507 e. The summed E-state index contributed by atoms with van der Waals surface area (Å²) in [5.74, 6) is -0.0370. The monoisotopic (exact) mass is 228 g/mol. The van der Waals surface area contributed by atoms with Crippen molar-refractivity contribution in [2.45, 2.75) is 6.92 Å². The third kappa shape index (κ3) is 1.67. The molecular weight excluding hydrogens is 220 g/mol. The smallest absolute Gasteiger partial charge is 0.177 e. The van der Waals surface area contributed by atoms with Crippen molar-refractivity contribution in [2.75, 3.05) is 5.33 Å². The number of ketones is 1. The molecule has 0 fully saturated rings. The van der Waals surface area contributed by atoms with Gasteiger partial charge in [0.15, 0.2) is 5.78 Å². The van der Waals surface area contributed by atoms with E-state index in [1.807, 2.05) is 0 Å². The average molecular weight is 229 g/mol. The fourth-order valence-electron chi connectivity index (χ4n) is 1.08. The van der Waals surface area contributed by atoms with Crippen molar-refractivity contribution < 1.29 is 9.90 Å². The third-order valence-electron chi connectivity index (χ3n) is 1.65. The molecule has 0 heterocycles. The Bertz CT molecular complexity index is 287. The molecule has 64 valence electrons. The zero-order chi connectivity index (χ0) is 9.14. The van der Waals surface area contributed by atoms with Gasteiger partial charge in [0, 0.05) is 0 Å². The Labute approximate surface area is 79.3 Å². The zero-order valence-corrected chi connectivity index (χ0v) is 8.26. The van der Waals surface area contributed by atoms with Gasteiger partial charge in [0.2, 0.25) is 0 Å². The summed E-state index contributed by atoms with van der Waals surface area (Å²) in [5.41, 5.74) is 1.22. The number of Topliss-reactive ketones (excluding diaryl/α,β-unsaturated/α-hetero) is 1. The molecule has 0 atom stereocenters. The van der Waals surface area contributed by atoms with Crippen LogP contribution in [0, 0.1) is 6.92 Å². The number of hydrogen-bond acceptors (Lipinski definition) is 2. The average Bonchev–Trinajstić information content (AvgIpc) is 2.03. The third-order valence-corrected chi connectivity index (χ3v) is 2.16. The maximum atomic E-state index is 11.2. The fourth-order valence-corrected chi connectivity index (χ4v) is 1.36. The summed E-state index contributed by atoms with van der Waals surface area (Å²) in [7, 11) is 0. The second-order valence-electron chi connectivity index (χ2n) is 2.53. The summed E-state index contributed by atoms with van der Waals surface area (Å²) in [4.78, 5) is 11.2. The van der Waals surface area contributed by atoms with Crippen molar-refractivity contribution in [1.29, 1.82) is 0 Å². The number of phenols is 1. The lowest BCUT2D eigenvalue weighted by molar-refractivity contribution is 0.102. The molecule has 1 aromatic carbocycles. The molecule has 3 heteroatoms. The van der Waals surface area contributed by atoms with E-state index in [-0.39, 0.29) is 16.9 Å². The van der Waals surface area contributed by atoms with Crippen LogP contribution >= 0.6 is 15.9 Å². The van der Waals surface area contributed by atoms with Crippen LogP contribution in [0.2, 0.25) is 0 Å². The Kier molecular flexibility index (Phi) is 2.87. The van der Waals surface area contributed by atoms with Gasteiger partial charge in [-0.05, 0) is 18.6 Å². The second-order valence-corrected chi connectivity index (χ2v) is 3.09. The molecular formula is C9H9BrO2. The largest absolute Gasteiger partial charge is 0.507 e. The molecule has 0 saturated carbocycles. The summed E-state index contributed by atoms with van der Waals surface area (Å²) in [5, 5.41) is 9.59. The number of alkyl halides is 1. The van der Waals surface area contributed by atoms with Crippen LogP contribution < -0.4 is 0 Å². The van der Waals surface area contributed by atoms with Crippen molar-refractivity contribution >= 4 is 21.7 Å². The predicted octanol–water partition coefficient (Wildman–Crippen LogP) is 2.28. The topological polar surface area (TPSA) is 37.3 Å². The van der Waals surface area contributed by atoms with E-state index in [1.165, 1.54) is 6.07 Å². The van der Waals surface area contributed by atoms with E-state index >= 15 is 0 Å². The molecule has 0 saturated heterocycles. The highest BCUT2D eigenvalue weighted by Gasteiger charge is 2.11. The minimum absolute atomic E-state index is 0.0550. The maximum Gasteiger partial charge on any atom is 0.177 e. The zero-order valence-electron chi connectivity index (χ0n) is 6.67. The second kappa shape index (κ2) is 3.72. The van der Waals surface area contributed by atoms with Crippen LogP contribution in [-0.2, 0) is 0 Å². The molecule has 2 nitrogen and oxygen atoms in total. The number of phenolic OH excluding ortho intramolecular Hbond substituents is 1. The van der Waals surface area contributed by atoms with E-state index < -0.39 is 0 Å². The maximum absolute atomic E-state index is 11.2. The lowest BCUT2D eigenvalue weighted by Gasteiger charge is -2.04. The molecule has 1 aromatic rings. The molecule has 0 aliphatic rings. The summed E-state index contributed by atoms with van der Waals surface area (Å²) in [6.45, 7) is 1.80. The summed E-state index contributed by atoms with van der Waals surface area (Å²) in [6.07, 6.45) is 0. The molecule has 0 aliphatic carbocycles. The number of halogens is 1. The first kappa shape index (κ1) is 9.26. The van der Waals surface area contributed by atoms with Crippen LogP contribution in [0.1, 0.15) is 15.9 Å². The van der Waals surface area contributed by atoms with Crippen molar-refractivity contribution in [3.63, 3.8) is 0 Å². The van der Waals surface area contributed by atoms with Crippen LogP contribution in [0.15, 0.2) is 18.2 Å². The summed E-state index contributed by atoms with van der Waals surface area (Å²) >= 11 is 3.06. The van der Waals surface area contributed by atoms with Crippen LogP contribution in [0.25, 0.3) is 0 Å². The van der Waals surface area contributed by atoms with Gasteiger partial charge in [0.25, 0.3) is 0 Å². The molecule has 0 amide bonds. The van der Waals surface area contributed by atoms with Gasteiger partial charge in [-0.25, -0.2) is 0 Å². The number of carbonyl (C=O) groups excluding carboxylic acids is 1. The van der Waals surface area contributed by atoms with E-state index in [9.17, 15) is 9.90 Å². The first-order valence-electron chi connectivity index (χ1n) is 3.54. The molecule has 1 rings (SSSR count). The Hall–Kier alpha value is -0.830. The van der Waals surface area contributed by atoms with E-state index in [4.69, 9.17) is 0 Å². The van der Waals surface area contributed by atoms with Crippen molar-refractivity contribution in [3.8, 4) is 5.75 Å². The van der Waals surface area contributed by atoms with Gasteiger partial charge in [0.1, 0.15) is 5.75 Å². The number of benzene rings is 1. The Morgan fingerprint density at radius 1 is 1.58 bits per heavy atom. The quantitative estimate of drug-likeness (QED) is 0.623. The van der Waals surface area contributed by atoms with Gasteiger partial charge in [-0.3, -0.25) is 4.79 Å². The highest BCUT2D eigenvalue weighted by Crippen LogP contribution is 2.21. The fraction of sp³-hybridized carbons (Fsp3) is 0.222. The number of aryl methyl sites for hydroxylation is 1. The van der Waals surface area contributed by atoms with E-state index in [2.05, 4.69) is 15.9 Å². The van der Waals surface area contributed by atoms with Crippen molar-refractivity contribution in [1.82, 2.24) is 0 Å². The number of aromatic hydroxyl groups is 1. The highest BCUT2D eigenvalue weighted by atomic mass is 79.9. The first-order valence-corrected chi connectivity index (χ1v) is 4.66. The van der Waals surface area contributed by atoms with Crippen LogP contribution in [0.4, 0.5) is 0 Å². The van der Waals surface area contributed by atoms with Crippen molar-refractivity contribution in [2.24, 2.45) is 0 Å². The van der Waals surface area contributed by atoms with Gasteiger partial charge >= 0.3 is 0 Å². The van der Waals surface area contributed by atoms with Gasteiger partial charge in [-0.2, -0.15) is 0 Å². The highest BCUT2D eigenvalue weighted by molar-refractivity contribution is 9.09. The van der Waals surface area contributed by atoms with Gasteiger partial charge in [0.05, 0.1) is 10.9 Å². The SMILES string of the molecule is Cc1cccc(O)c1C(=O)CBr. The standard InChI is InChI=1S/C9H9BrO2/c1-6-3-2-4-7(11)9(6)8(12)5-10/h2-4,11H,5H2,1H3. The van der Waals surface area contributed by atoms with Gasteiger partial charge in [-0.1, -0.05) is 28.1 Å². The number of rotatable bonds is 2. The molecule has 0 aromatic heterocycles. The van der Waals surface area contributed by atoms with Gasteiger partial charge in [-0.15, -0.1) is 0 Å². The van der Waals surface area contributed by atoms with E-state index in [1.54, 1.807) is 19.1 Å². The Balaban J connectivity index is 3.21. The van der Waals surface area contributed by atoms with Gasteiger partial charge < -0.3 is 5.11 Å². The molecule has 0 bridgehead atoms. The van der Waals surface area contributed by atoms with Crippen LogP contribution in [0.3, 0.4) is 0 Å². The molecule has 0 radical (unpaired) electrons. The first-order chi connectivity index (χ1) is 5.66. The molecule has 0 aliphatic heterocycles. The van der Waals surface area contributed by atoms with Crippen LogP contribution in [0.5, 0.6) is 5.75 Å². The number of hydrogen-bond donors (Lipinski definition) is 1. The summed E-state index contributed by atoms with van der Waals surface area (Å²) < 4.78 is 0. The van der Waals surface area contributed by atoms with Crippen LogP contribution in [-0.4, -0.2) is 16.2 Å². The minimum atomic E-state index is -0.0920. The van der Waals surface area contributed by atoms with E-state index in [0.717, 1.165) is 5.56 Å². The molecule has 12 heavy (non-hydrogen) atoms. The number of carbonyl (C=O) groups is 1. The molecule has 0 unspecified atom stereocenters. The summed E-state index contributed by atoms with van der Waals surface area (Å²) in [6, 6.07) is 5.04. The van der Waals surface area contributed by atoms with E-state index in [0.29, 0.717) is 5.56 Å². The van der Waals surface area contributed by atoms with Crippen molar-refractivity contribution in [3.05, 3.63) is 29.3 Å². The molecule has 1 N–H and O–H groups in total. The molecule has 0 spiro atoms. The predicted molar refractivity (Wildman–Crippen MR) is 51.0 cm³/mol. The lowest BCUT2D eigenvalue weighted by atomic mass is 10.0. The normalized spacial score (nSPS) is 9.83. The Morgan fingerprint density at radius 2 is 2.25 bits per heavy atom. The Morgan fingerprint density at radius 3 is 2.75 bits per heavy atom. The lowest BCUT2D eigenvalue weighted by Crippen LogP contribution is -2.02.